The summed E-state index contributed by atoms with van der Waals surface area (Å²) in [4.78, 5) is 13.9. The molecule has 0 radical (unpaired) electrons. The van der Waals surface area contributed by atoms with Crippen LogP contribution in [0.4, 0.5) is 4.79 Å². The molecular formula is C19H19NO2. The number of ether oxygens (including phenoxy) is 1. The van der Waals surface area contributed by atoms with Gasteiger partial charge in [-0.1, -0.05) is 60.7 Å². The van der Waals surface area contributed by atoms with Gasteiger partial charge in [0.05, 0.1) is 0 Å². The SMILES string of the molecule is C#CCCN(Cc1ccccc1)C(=O)OCc1ccccc1. The number of nitrogens with zero attached hydrogens (tertiary/aromatic N) is 1. The first-order chi connectivity index (χ1) is 10.8. The Kier molecular flexibility index (Phi) is 6.07. The molecule has 2 aromatic rings. The minimum atomic E-state index is -0.344. The molecule has 0 saturated carbocycles. The van der Waals surface area contributed by atoms with Crippen molar-refractivity contribution in [3.8, 4) is 12.3 Å². The van der Waals surface area contributed by atoms with Crippen molar-refractivity contribution in [3.63, 3.8) is 0 Å². The molecule has 0 aromatic heterocycles. The summed E-state index contributed by atoms with van der Waals surface area (Å²) in [5.41, 5.74) is 2.02. The molecule has 0 N–H and O–H groups in total. The van der Waals surface area contributed by atoms with Crippen molar-refractivity contribution in [2.24, 2.45) is 0 Å². The molecule has 0 saturated heterocycles. The molecule has 0 unspecified atom stereocenters. The first-order valence-corrected chi connectivity index (χ1v) is 7.22. The maximum atomic E-state index is 12.3. The van der Waals surface area contributed by atoms with Crippen LogP contribution < -0.4 is 0 Å². The molecular weight excluding hydrogens is 274 g/mol. The van der Waals surface area contributed by atoms with Crippen LogP contribution in [0.5, 0.6) is 0 Å². The van der Waals surface area contributed by atoms with E-state index in [4.69, 9.17) is 11.2 Å². The first kappa shape index (κ1) is 15.7. The predicted molar refractivity (Wildman–Crippen MR) is 86.9 cm³/mol. The second kappa shape index (κ2) is 8.53. The Morgan fingerprint density at radius 3 is 2.18 bits per heavy atom. The quantitative estimate of drug-likeness (QED) is 0.757. The van der Waals surface area contributed by atoms with Gasteiger partial charge in [-0.2, -0.15) is 0 Å². The highest BCUT2D eigenvalue weighted by atomic mass is 16.6. The van der Waals surface area contributed by atoms with Crippen LogP contribution in [0.1, 0.15) is 17.5 Å². The van der Waals surface area contributed by atoms with Gasteiger partial charge >= 0.3 is 6.09 Å². The molecule has 0 aliphatic rings. The fourth-order valence-electron chi connectivity index (χ4n) is 2.05. The molecule has 112 valence electrons. The molecule has 22 heavy (non-hydrogen) atoms. The Balaban J connectivity index is 1.95. The molecule has 0 fully saturated rings. The van der Waals surface area contributed by atoms with Gasteiger partial charge in [0.15, 0.2) is 0 Å². The summed E-state index contributed by atoms with van der Waals surface area (Å²) in [5.74, 6) is 2.56. The van der Waals surface area contributed by atoms with Crippen molar-refractivity contribution in [1.82, 2.24) is 4.90 Å². The third-order valence-electron chi connectivity index (χ3n) is 3.21. The van der Waals surface area contributed by atoms with Gasteiger partial charge in [0, 0.05) is 19.5 Å². The van der Waals surface area contributed by atoms with Gasteiger partial charge < -0.3 is 9.64 Å². The fraction of sp³-hybridized carbons (Fsp3) is 0.211. The van der Waals surface area contributed by atoms with Crippen LogP contribution in [-0.2, 0) is 17.9 Å². The van der Waals surface area contributed by atoms with E-state index in [1.54, 1.807) is 4.90 Å². The molecule has 2 aromatic carbocycles. The normalized spacial score (nSPS) is 9.77. The Morgan fingerprint density at radius 1 is 1.00 bits per heavy atom. The number of amides is 1. The predicted octanol–water partition coefficient (Wildman–Crippen LogP) is 3.85. The Bertz CT molecular complexity index is 617. The third kappa shape index (κ3) is 4.99. The van der Waals surface area contributed by atoms with Crippen molar-refractivity contribution in [2.45, 2.75) is 19.6 Å². The van der Waals surface area contributed by atoms with Crippen LogP contribution in [0.25, 0.3) is 0 Å². The molecule has 0 aliphatic heterocycles. The van der Waals surface area contributed by atoms with Crippen LogP contribution in [0, 0.1) is 12.3 Å². The average molecular weight is 293 g/mol. The zero-order valence-electron chi connectivity index (χ0n) is 12.4. The van der Waals surface area contributed by atoms with E-state index in [0.29, 0.717) is 19.5 Å². The van der Waals surface area contributed by atoms with E-state index in [1.807, 2.05) is 60.7 Å². The van der Waals surface area contributed by atoms with E-state index in [0.717, 1.165) is 11.1 Å². The molecule has 0 atom stereocenters. The van der Waals surface area contributed by atoms with Gasteiger partial charge in [0.2, 0.25) is 0 Å². The highest BCUT2D eigenvalue weighted by Crippen LogP contribution is 2.09. The van der Waals surface area contributed by atoms with Crippen molar-refractivity contribution in [3.05, 3.63) is 71.8 Å². The van der Waals surface area contributed by atoms with E-state index in [9.17, 15) is 4.79 Å². The van der Waals surface area contributed by atoms with Crippen molar-refractivity contribution < 1.29 is 9.53 Å². The van der Waals surface area contributed by atoms with Crippen molar-refractivity contribution in [1.29, 1.82) is 0 Å². The summed E-state index contributed by atoms with van der Waals surface area (Å²) < 4.78 is 5.38. The van der Waals surface area contributed by atoms with Gasteiger partial charge in [-0.15, -0.1) is 12.3 Å². The monoisotopic (exact) mass is 293 g/mol. The molecule has 0 bridgehead atoms. The molecule has 0 heterocycles. The second-order valence-corrected chi connectivity index (χ2v) is 4.90. The molecule has 0 spiro atoms. The number of terminal acetylenes is 1. The lowest BCUT2D eigenvalue weighted by Gasteiger charge is -2.21. The summed E-state index contributed by atoms with van der Waals surface area (Å²) in [5, 5.41) is 0. The van der Waals surface area contributed by atoms with Crippen LogP contribution in [0.2, 0.25) is 0 Å². The zero-order chi connectivity index (χ0) is 15.6. The highest BCUT2D eigenvalue weighted by Gasteiger charge is 2.15. The van der Waals surface area contributed by atoms with E-state index in [1.165, 1.54) is 0 Å². The molecule has 1 amide bonds. The summed E-state index contributed by atoms with van der Waals surface area (Å²) in [6.45, 7) is 1.25. The van der Waals surface area contributed by atoms with E-state index in [2.05, 4.69) is 5.92 Å². The number of carbonyl (C=O) groups is 1. The maximum Gasteiger partial charge on any atom is 0.410 e. The molecule has 0 aliphatic carbocycles. The summed E-state index contributed by atoms with van der Waals surface area (Å²) in [6.07, 6.45) is 5.47. The highest BCUT2D eigenvalue weighted by molar-refractivity contribution is 5.67. The van der Waals surface area contributed by atoms with Gasteiger partial charge in [0.25, 0.3) is 0 Å². The van der Waals surface area contributed by atoms with E-state index >= 15 is 0 Å². The average Bonchev–Trinajstić information content (AvgIpc) is 2.58. The molecule has 3 heteroatoms. The minimum Gasteiger partial charge on any atom is -0.445 e. The lowest BCUT2D eigenvalue weighted by molar-refractivity contribution is 0.0945. The maximum absolute atomic E-state index is 12.3. The number of hydrogen-bond acceptors (Lipinski definition) is 2. The summed E-state index contributed by atoms with van der Waals surface area (Å²) in [7, 11) is 0. The van der Waals surface area contributed by atoms with Crippen LogP contribution in [0.3, 0.4) is 0 Å². The molecule has 2 rings (SSSR count). The Labute approximate surface area is 131 Å². The van der Waals surface area contributed by atoms with E-state index in [-0.39, 0.29) is 12.7 Å². The van der Waals surface area contributed by atoms with Gasteiger partial charge in [-0.25, -0.2) is 4.79 Å². The Morgan fingerprint density at radius 2 is 1.59 bits per heavy atom. The van der Waals surface area contributed by atoms with Gasteiger partial charge in [-0.05, 0) is 11.1 Å². The van der Waals surface area contributed by atoms with Crippen LogP contribution in [0.15, 0.2) is 60.7 Å². The second-order valence-electron chi connectivity index (χ2n) is 4.90. The summed E-state index contributed by atoms with van der Waals surface area (Å²) >= 11 is 0. The summed E-state index contributed by atoms with van der Waals surface area (Å²) in [6, 6.07) is 19.4. The number of rotatable bonds is 6. The number of benzene rings is 2. The third-order valence-corrected chi connectivity index (χ3v) is 3.21. The van der Waals surface area contributed by atoms with Crippen molar-refractivity contribution >= 4 is 6.09 Å². The molecule has 3 nitrogen and oxygen atoms in total. The fourth-order valence-corrected chi connectivity index (χ4v) is 2.05. The lowest BCUT2D eigenvalue weighted by atomic mass is 10.2. The number of carbonyl (C=O) groups excluding carboxylic acids is 1. The van der Waals surface area contributed by atoms with Crippen molar-refractivity contribution in [2.75, 3.05) is 6.54 Å². The first-order valence-electron chi connectivity index (χ1n) is 7.22. The standard InChI is InChI=1S/C19H19NO2/c1-2-3-14-20(15-17-10-6-4-7-11-17)19(21)22-16-18-12-8-5-9-13-18/h1,4-13H,3,14-16H2. The van der Waals surface area contributed by atoms with Crippen LogP contribution >= 0.6 is 0 Å². The van der Waals surface area contributed by atoms with Gasteiger partial charge in [-0.3, -0.25) is 0 Å². The van der Waals surface area contributed by atoms with Crippen LogP contribution in [-0.4, -0.2) is 17.5 Å². The minimum absolute atomic E-state index is 0.265. The van der Waals surface area contributed by atoms with E-state index < -0.39 is 0 Å². The number of hydrogen-bond donors (Lipinski definition) is 0. The topological polar surface area (TPSA) is 29.5 Å². The largest absolute Gasteiger partial charge is 0.445 e. The Hall–Kier alpha value is -2.73. The smallest absolute Gasteiger partial charge is 0.410 e. The zero-order valence-corrected chi connectivity index (χ0v) is 12.4. The lowest BCUT2D eigenvalue weighted by Crippen LogP contribution is -2.31. The van der Waals surface area contributed by atoms with Gasteiger partial charge in [0.1, 0.15) is 6.61 Å².